The molecule has 12 heteroatoms. The van der Waals surface area contributed by atoms with Gasteiger partial charge in [0.2, 0.25) is 5.88 Å². The maximum atomic E-state index is 13.4. The molecule has 0 bridgehead atoms. The van der Waals surface area contributed by atoms with Crippen LogP contribution in [0.4, 0.5) is 9.18 Å². The average Bonchev–Trinajstić information content (AvgIpc) is 3.39. The van der Waals surface area contributed by atoms with Crippen LogP contribution in [-0.4, -0.2) is 42.6 Å². The molecule has 0 saturated heterocycles. The van der Waals surface area contributed by atoms with Crippen LogP contribution in [0.5, 0.6) is 5.88 Å². The van der Waals surface area contributed by atoms with Gasteiger partial charge in [-0.1, -0.05) is 52.8 Å². The number of nitrogens with one attached hydrogen (secondary N) is 1. The summed E-state index contributed by atoms with van der Waals surface area (Å²) in [4.78, 5) is 18.5. The highest BCUT2D eigenvalue weighted by Crippen LogP contribution is 2.20. The summed E-state index contributed by atoms with van der Waals surface area (Å²) in [6.07, 6.45) is 8.96. The van der Waals surface area contributed by atoms with Crippen molar-refractivity contribution in [3.05, 3.63) is 89.7 Å². The number of hydrogen-bond donors (Lipinski definition) is 2. The summed E-state index contributed by atoms with van der Waals surface area (Å²) in [7, 11) is 0. The van der Waals surface area contributed by atoms with Gasteiger partial charge in [0, 0.05) is 35.3 Å². The van der Waals surface area contributed by atoms with Gasteiger partial charge in [0.15, 0.2) is 11.0 Å². The SMILES string of the molecule is C=C/C(=C\C(COc1cnccn1)=C(/C)F)NC(N)=O.CC.CC(C)(C)c1ccn(-c2ccc(Cl)nn2)n1. The van der Waals surface area contributed by atoms with Crippen LogP contribution in [0.3, 0.4) is 0 Å². The summed E-state index contributed by atoms with van der Waals surface area (Å²) >= 11 is 5.67. The quantitative estimate of drug-likeness (QED) is 0.376. The van der Waals surface area contributed by atoms with Crippen LogP contribution in [0.15, 0.2) is 78.8 Å². The summed E-state index contributed by atoms with van der Waals surface area (Å²) in [5, 5.41) is 14.9. The standard InChI is InChI=1S/C13H15FN4O2.C11H13ClN4.C2H6/c1-3-11(18-13(15)19)6-10(9(2)14)8-20-12-7-16-4-5-17-12;1-11(2,3)8-6-7-16(15-8)10-5-4-9(12)13-14-10;1-2/h3-7H,1,8H2,2H3,(H3,15,18,19);4-7H,1-3H3;1-2H3/b10-9-,11-6+;;. The summed E-state index contributed by atoms with van der Waals surface area (Å²) in [5.41, 5.74) is 6.53. The second kappa shape index (κ2) is 15.9. The minimum Gasteiger partial charge on any atom is -0.472 e. The number of carbonyl (C=O) groups excluding carboxylic acids is 1. The number of aromatic nitrogens is 6. The first-order valence-corrected chi connectivity index (χ1v) is 12.1. The van der Waals surface area contributed by atoms with E-state index in [-0.39, 0.29) is 29.2 Å². The molecule has 0 aromatic carbocycles. The molecule has 0 aliphatic carbocycles. The third-order valence-corrected chi connectivity index (χ3v) is 4.59. The zero-order valence-corrected chi connectivity index (χ0v) is 23.2. The lowest BCUT2D eigenvalue weighted by atomic mass is 9.93. The summed E-state index contributed by atoms with van der Waals surface area (Å²) in [6, 6.07) is 4.70. The van der Waals surface area contributed by atoms with E-state index >= 15 is 0 Å². The molecule has 204 valence electrons. The lowest BCUT2D eigenvalue weighted by Crippen LogP contribution is -2.28. The Morgan fingerprint density at radius 3 is 2.42 bits per heavy atom. The van der Waals surface area contributed by atoms with Crippen LogP contribution >= 0.6 is 11.6 Å². The first kappa shape index (κ1) is 31.9. The number of carbonyl (C=O) groups is 1. The Morgan fingerprint density at radius 1 is 1.24 bits per heavy atom. The number of halogens is 2. The maximum Gasteiger partial charge on any atom is 0.316 e. The van der Waals surface area contributed by atoms with E-state index in [9.17, 15) is 9.18 Å². The topological polar surface area (TPSA) is 134 Å². The maximum absolute atomic E-state index is 13.4. The first-order valence-electron chi connectivity index (χ1n) is 11.7. The third kappa shape index (κ3) is 11.3. The number of ether oxygens (including phenoxy) is 1. The van der Waals surface area contributed by atoms with Gasteiger partial charge in [-0.05, 0) is 37.3 Å². The largest absolute Gasteiger partial charge is 0.472 e. The lowest BCUT2D eigenvalue weighted by Gasteiger charge is -2.14. The number of amides is 2. The highest BCUT2D eigenvalue weighted by Gasteiger charge is 2.17. The Balaban J connectivity index is 0.000000363. The molecule has 38 heavy (non-hydrogen) atoms. The van der Waals surface area contributed by atoms with Crippen LogP contribution < -0.4 is 15.8 Å². The Morgan fingerprint density at radius 2 is 1.95 bits per heavy atom. The van der Waals surface area contributed by atoms with Crippen LogP contribution in [0.2, 0.25) is 5.15 Å². The number of allylic oxidation sites excluding steroid dienone is 2. The number of nitrogens with two attached hydrogens (primary N) is 1. The van der Waals surface area contributed by atoms with Gasteiger partial charge >= 0.3 is 6.03 Å². The van der Waals surface area contributed by atoms with Crippen molar-refractivity contribution in [3.63, 3.8) is 0 Å². The van der Waals surface area contributed by atoms with Gasteiger partial charge in [0.25, 0.3) is 0 Å². The molecule has 2 amide bonds. The van der Waals surface area contributed by atoms with Crippen molar-refractivity contribution in [3.8, 4) is 11.7 Å². The average molecular weight is 545 g/mol. The van der Waals surface area contributed by atoms with Crippen LogP contribution in [-0.2, 0) is 5.41 Å². The monoisotopic (exact) mass is 544 g/mol. The van der Waals surface area contributed by atoms with Gasteiger partial charge in [-0.15, -0.1) is 10.2 Å². The molecule has 0 fully saturated rings. The van der Waals surface area contributed by atoms with E-state index in [1.165, 1.54) is 37.7 Å². The molecule has 3 N–H and O–H groups in total. The molecule has 10 nitrogen and oxygen atoms in total. The van der Waals surface area contributed by atoms with Crippen molar-refractivity contribution in [2.24, 2.45) is 5.73 Å². The minimum atomic E-state index is -0.762. The molecular weight excluding hydrogens is 511 g/mol. The summed E-state index contributed by atoms with van der Waals surface area (Å²) in [6.45, 7) is 15.1. The molecule has 3 heterocycles. The molecular formula is C26H34ClFN8O2. The molecule has 3 aromatic rings. The second-order valence-electron chi connectivity index (χ2n) is 8.29. The van der Waals surface area contributed by atoms with Crippen molar-refractivity contribution in [2.45, 2.75) is 47.0 Å². The van der Waals surface area contributed by atoms with E-state index in [0.717, 1.165) is 5.69 Å². The molecule has 0 radical (unpaired) electrons. The minimum absolute atomic E-state index is 0.0328. The predicted molar refractivity (Wildman–Crippen MR) is 147 cm³/mol. The first-order chi connectivity index (χ1) is 18.0. The van der Waals surface area contributed by atoms with Gasteiger partial charge in [0.1, 0.15) is 12.4 Å². The predicted octanol–water partition coefficient (Wildman–Crippen LogP) is 5.48. The fraction of sp³-hybridized carbons (Fsp3) is 0.308. The van der Waals surface area contributed by atoms with Gasteiger partial charge in [-0.3, -0.25) is 4.98 Å². The van der Waals surface area contributed by atoms with Gasteiger partial charge in [-0.25, -0.2) is 18.9 Å². The van der Waals surface area contributed by atoms with Crippen molar-refractivity contribution < 1.29 is 13.9 Å². The number of rotatable bonds is 7. The van der Waals surface area contributed by atoms with Crippen molar-refractivity contribution in [2.75, 3.05) is 6.61 Å². The summed E-state index contributed by atoms with van der Waals surface area (Å²) < 4.78 is 20.4. The van der Waals surface area contributed by atoms with Crippen LogP contribution in [0, 0.1) is 0 Å². The third-order valence-electron chi connectivity index (χ3n) is 4.38. The van der Waals surface area contributed by atoms with Crippen molar-refractivity contribution in [1.82, 2.24) is 35.3 Å². The van der Waals surface area contributed by atoms with E-state index in [2.05, 4.69) is 57.9 Å². The molecule has 0 saturated carbocycles. The molecule has 3 aromatic heterocycles. The van der Waals surface area contributed by atoms with Gasteiger partial charge in [0.05, 0.1) is 11.9 Å². The molecule has 3 rings (SSSR count). The second-order valence-corrected chi connectivity index (χ2v) is 8.68. The molecule has 0 aliphatic heterocycles. The van der Waals surface area contributed by atoms with Gasteiger partial charge in [-0.2, -0.15) is 5.10 Å². The summed E-state index contributed by atoms with van der Waals surface area (Å²) in [5.74, 6) is 0.474. The normalized spacial score (nSPS) is 11.6. The number of hydrogen-bond acceptors (Lipinski definition) is 7. The van der Waals surface area contributed by atoms with E-state index < -0.39 is 11.9 Å². The zero-order chi connectivity index (χ0) is 28.7. The molecule has 0 unspecified atom stereocenters. The van der Waals surface area contributed by atoms with Crippen LogP contribution in [0.25, 0.3) is 5.82 Å². The van der Waals surface area contributed by atoms with E-state index in [1.54, 1.807) is 16.8 Å². The van der Waals surface area contributed by atoms with Crippen molar-refractivity contribution in [1.29, 1.82) is 0 Å². The Hall–Kier alpha value is -4.12. The zero-order valence-electron chi connectivity index (χ0n) is 22.4. The number of urea groups is 1. The Labute approximate surface area is 227 Å². The highest BCUT2D eigenvalue weighted by molar-refractivity contribution is 6.29. The highest BCUT2D eigenvalue weighted by atomic mass is 35.5. The molecule has 0 aliphatic rings. The molecule has 0 atom stereocenters. The van der Waals surface area contributed by atoms with E-state index in [4.69, 9.17) is 22.1 Å². The lowest BCUT2D eigenvalue weighted by molar-refractivity contribution is 0.251. The number of primary amides is 1. The Bertz CT molecular complexity index is 1220. The van der Waals surface area contributed by atoms with E-state index in [0.29, 0.717) is 11.0 Å². The fourth-order valence-corrected chi connectivity index (χ4v) is 2.61. The van der Waals surface area contributed by atoms with E-state index in [1.807, 2.05) is 26.1 Å². The van der Waals surface area contributed by atoms with Gasteiger partial charge < -0.3 is 15.8 Å². The van der Waals surface area contributed by atoms with Crippen LogP contribution in [0.1, 0.15) is 47.2 Å². The molecule has 0 spiro atoms. The fourth-order valence-electron chi connectivity index (χ4n) is 2.51. The smallest absolute Gasteiger partial charge is 0.316 e. The number of nitrogens with zero attached hydrogens (tertiary/aromatic N) is 6. The Kier molecular flexibility index (Phi) is 13.3. The van der Waals surface area contributed by atoms with Crippen molar-refractivity contribution >= 4 is 17.6 Å².